The molecule has 0 bridgehead atoms. The molecule has 0 aromatic heterocycles. The van der Waals surface area contributed by atoms with Gasteiger partial charge in [0.2, 0.25) is 10.0 Å². The zero-order chi connectivity index (χ0) is 18.2. The quantitative estimate of drug-likeness (QED) is 0.760. The molecule has 0 unspecified atom stereocenters. The molecule has 1 aromatic carbocycles. The summed E-state index contributed by atoms with van der Waals surface area (Å²) < 4.78 is 66.5. The molecule has 1 aliphatic carbocycles. The van der Waals surface area contributed by atoms with Gasteiger partial charge in [-0.15, -0.1) is 0 Å². The van der Waals surface area contributed by atoms with Crippen LogP contribution in [0.15, 0.2) is 12.1 Å². The first-order valence-corrected chi connectivity index (χ1v) is 9.74. The number of piperazine rings is 1. The standard InChI is InChI=1S/C16H19F3N2O3S/c17-13-6-5-12(14(18)15(13)19)16(22)20-7-9-21(10-8-20)25(23,24)11-3-1-2-4-11/h5-6,11H,1-4,7-10H2. The van der Waals surface area contributed by atoms with Gasteiger partial charge in [-0.25, -0.2) is 21.6 Å². The smallest absolute Gasteiger partial charge is 0.257 e. The van der Waals surface area contributed by atoms with Crippen LogP contribution in [0.2, 0.25) is 0 Å². The molecule has 0 N–H and O–H groups in total. The molecule has 3 rings (SSSR count). The number of carbonyl (C=O) groups excluding carboxylic acids is 1. The van der Waals surface area contributed by atoms with Gasteiger partial charge in [-0.2, -0.15) is 4.31 Å². The molecule has 1 aromatic rings. The number of hydrogen-bond donors (Lipinski definition) is 0. The fraction of sp³-hybridized carbons (Fsp3) is 0.562. The van der Waals surface area contributed by atoms with Crippen LogP contribution >= 0.6 is 0 Å². The third-order valence-electron chi connectivity index (χ3n) is 4.87. The van der Waals surface area contributed by atoms with Gasteiger partial charge in [0.25, 0.3) is 5.91 Å². The summed E-state index contributed by atoms with van der Waals surface area (Å²) in [6.45, 7) is 0.415. The van der Waals surface area contributed by atoms with E-state index >= 15 is 0 Å². The van der Waals surface area contributed by atoms with Crippen LogP contribution in [0.4, 0.5) is 13.2 Å². The fourth-order valence-electron chi connectivity index (χ4n) is 3.40. The Kier molecular flexibility index (Phi) is 5.06. The number of hydrogen-bond acceptors (Lipinski definition) is 3. The number of halogens is 3. The summed E-state index contributed by atoms with van der Waals surface area (Å²) in [7, 11) is -3.38. The predicted octanol–water partition coefficient (Wildman–Crippen LogP) is 2.13. The Morgan fingerprint density at radius 2 is 1.56 bits per heavy atom. The summed E-state index contributed by atoms with van der Waals surface area (Å²) in [6.07, 6.45) is 3.11. The summed E-state index contributed by atoms with van der Waals surface area (Å²) in [5.74, 6) is -5.34. The average Bonchev–Trinajstić information content (AvgIpc) is 3.15. The van der Waals surface area contributed by atoms with Gasteiger partial charge in [-0.3, -0.25) is 4.79 Å². The third-order valence-corrected chi connectivity index (χ3v) is 7.27. The lowest BCUT2D eigenvalue weighted by molar-refractivity contribution is 0.0691. The summed E-state index contributed by atoms with van der Waals surface area (Å²) in [5.41, 5.74) is -0.550. The van der Waals surface area contributed by atoms with Crippen LogP contribution in [-0.2, 0) is 10.0 Å². The zero-order valence-electron chi connectivity index (χ0n) is 13.6. The molecule has 0 atom stereocenters. The Morgan fingerprint density at radius 3 is 2.16 bits per heavy atom. The molecule has 5 nitrogen and oxygen atoms in total. The van der Waals surface area contributed by atoms with Crippen LogP contribution in [0, 0.1) is 17.5 Å². The van der Waals surface area contributed by atoms with E-state index in [0.29, 0.717) is 18.9 Å². The first kappa shape index (κ1) is 18.2. The van der Waals surface area contributed by atoms with Crippen molar-refractivity contribution in [2.24, 2.45) is 0 Å². The van der Waals surface area contributed by atoms with Crippen LogP contribution in [0.25, 0.3) is 0 Å². The van der Waals surface area contributed by atoms with Crippen LogP contribution in [0.1, 0.15) is 36.0 Å². The second kappa shape index (κ2) is 6.95. The molecule has 9 heteroatoms. The lowest BCUT2D eigenvalue weighted by Gasteiger charge is -2.35. The molecule has 0 radical (unpaired) electrons. The minimum atomic E-state index is -3.38. The highest BCUT2D eigenvalue weighted by Crippen LogP contribution is 2.28. The number of rotatable bonds is 3. The fourth-order valence-corrected chi connectivity index (χ4v) is 5.43. The summed E-state index contributed by atoms with van der Waals surface area (Å²) in [5, 5.41) is -0.363. The molecular formula is C16H19F3N2O3S. The lowest BCUT2D eigenvalue weighted by atomic mass is 10.1. The summed E-state index contributed by atoms with van der Waals surface area (Å²) >= 11 is 0. The average molecular weight is 376 g/mol. The molecule has 1 amide bonds. The van der Waals surface area contributed by atoms with Crippen molar-refractivity contribution in [2.75, 3.05) is 26.2 Å². The van der Waals surface area contributed by atoms with Crippen LogP contribution in [-0.4, -0.2) is 55.0 Å². The second-order valence-electron chi connectivity index (χ2n) is 6.37. The monoisotopic (exact) mass is 376 g/mol. The molecule has 1 aliphatic heterocycles. The maximum absolute atomic E-state index is 13.8. The maximum Gasteiger partial charge on any atom is 0.257 e. The highest BCUT2D eigenvalue weighted by molar-refractivity contribution is 7.89. The van der Waals surface area contributed by atoms with Crippen molar-refractivity contribution in [3.8, 4) is 0 Å². The molecule has 1 heterocycles. The lowest BCUT2D eigenvalue weighted by Crippen LogP contribution is -2.52. The van der Waals surface area contributed by atoms with Crippen molar-refractivity contribution in [2.45, 2.75) is 30.9 Å². The van der Waals surface area contributed by atoms with Gasteiger partial charge >= 0.3 is 0 Å². The number of nitrogens with zero attached hydrogens (tertiary/aromatic N) is 2. The normalized spacial score (nSPS) is 20.2. The zero-order valence-corrected chi connectivity index (χ0v) is 14.4. The van der Waals surface area contributed by atoms with E-state index in [-0.39, 0.29) is 31.4 Å². The van der Waals surface area contributed by atoms with E-state index < -0.39 is 38.9 Å². The third kappa shape index (κ3) is 3.39. The highest BCUT2D eigenvalue weighted by atomic mass is 32.2. The maximum atomic E-state index is 13.8. The number of amides is 1. The Balaban J connectivity index is 1.68. The summed E-state index contributed by atoms with van der Waals surface area (Å²) in [6, 6.07) is 1.60. The summed E-state index contributed by atoms with van der Waals surface area (Å²) in [4.78, 5) is 13.6. The Bertz CT molecular complexity index is 771. The largest absolute Gasteiger partial charge is 0.336 e. The topological polar surface area (TPSA) is 57.7 Å². The Morgan fingerprint density at radius 1 is 0.960 bits per heavy atom. The molecule has 138 valence electrons. The van der Waals surface area contributed by atoms with E-state index in [4.69, 9.17) is 0 Å². The number of sulfonamides is 1. The Labute approximate surface area is 144 Å². The van der Waals surface area contributed by atoms with E-state index in [9.17, 15) is 26.4 Å². The minimum absolute atomic E-state index is 0.0865. The molecular weight excluding hydrogens is 357 g/mol. The predicted molar refractivity (Wildman–Crippen MR) is 85.0 cm³/mol. The first-order chi connectivity index (χ1) is 11.8. The van der Waals surface area contributed by atoms with Crippen molar-refractivity contribution in [3.63, 3.8) is 0 Å². The van der Waals surface area contributed by atoms with E-state index in [1.807, 2.05) is 0 Å². The van der Waals surface area contributed by atoms with Gasteiger partial charge in [0.1, 0.15) is 0 Å². The van der Waals surface area contributed by atoms with E-state index in [0.717, 1.165) is 18.9 Å². The van der Waals surface area contributed by atoms with Gasteiger partial charge in [0, 0.05) is 26.2 Å². The minimum Gasteiger partial charge on any atom is -0.336 e. The molecule has 25 heavy (non-hydrogen) atoms. The molecule has 2 fully saturated rings. The Hall–Kier alpha value is -1.61. The van der Waals surface area contributed by atoms with E-state index in [2.05, 4.69) is 0 Å². The first-order valence-electron chi connectivity index (χ1n) is 8.24. The van der Waals surface area contributed by atoms with Crippen molar-refractivity contribution in [3.05, 3.63) is 35.1 Å². The van der Waals surface area contributed by atoms with Gasteiger partial charge in [0.05, 0.1) is 10.8 Å². The van der Waals surface area contributed by atoms with Crippen molar-refractivity contribution >= 4 is 15.9 Å². The molecule has 2 aliphatic rings. The van der Waals surface area contributed by atoms with Crippen molar-refractivity contribution < 1.29 is 26.4 Å². The van der Waals surface area contributed by atoms with Gasteiger partial charge in [-0.05, 0) is 25.0 Å². The SMILES string of the molecule is O=C(c1ccc(F)c(F)c1F)N1CCN(S(=O)(=O)C2CCCC2)CC1. The van der Waals surface area contributed by atoms with Crippen LogP contribution < -0.4 is 0 Å². The van der Waals surface area contributed by atoms with Gasteiger partial charge < -0.3 is 4.90 Å². The van der Waals surface area contributed by atoms with Crippen molar-refractivity contribution in [1.82, 2.24) is 9.21 Å². The van der Waals surface area contributed by atoms with E-state index in [1.165, 1.54) is 9.21 Å². The molecule has 1 saturated carbocycles. The molecule has 1 saturated heterocycles. The van der Waals surface area contributed by atoms with Crippen LogP contribution in [0.5, 0.6) is 0 Å². The van der Waals surface area contributed by atoms with Crippen LogP contribution in [0.3, 0.4) is 0 Å². The second-order valence-corrected chi connectivity index (χ2v) is 8.58. The highest BCUT2D eigenvalue weighted by Gasteiger charge is 2.36. The number of carbonyl (C=O) groups is 1. The number of benzene rings is 1. The van der Waals surface area contributed by atoms with Gasteiger partial charge in [-0.1, -0.05) is 12.8 Å². The molecule has 0 spiro atoms. The van der Waals surface area contributed by atoms with E-state index in [1.54, 1.807) is 0 Å². The van der Waals surface area contributed by atoms with Gasteiger partial charge in [0.15, 0.2) is 17.5 Å². The van der Waals surface area contributed by atoms with Crippen molar-refractivity contribution in [1.29, 1.82) is 0 Å².